The molecule has 0 bridgehead atoms. The lowest BCUT2D eigenvalue weighted by molar-refractivity contribution is -0.130. The molecule has 1 aliphatic carbocycles. The lowest BCUT2D eigenvalue weighted by Crippen LogP contribution is -2.50. The van der Waals surface area contributed by atoms with E-state index in [1.54, 1.807) is 0 Å². The average molecular weight is 351 g/mol. The van der Waals surface area contributed by atoms with Crippen LogP contribution in [0.3, 0.4) is 0 Å². The number of amides is 1. The standard InChI is InChI=1S/C19H34N4O2/c24-17-5-8-22(9-6-17)10-7-21-18(25)19-13-20-11-15(19)12-23(14-19)16-3-1-2-4-16/h15-17,20,24H,1-14H2,(H,21,25)/t15-,19-/m1/s1. The van der Waals surface area contributed by atoms with Crippen LogP contribution in [0.25, 0.3) is 0 Å². The van der Waals surface area contributed by atoms with Crippen LogP contribution in [-0.2, 0) is 4.79 Å². The third-order valence-corrected chi connectivity index (χ3v) is 7.12. The first-order valence-electron chi connectivity index (χ1n) is 10.3. The number of fused-ring (bicyclic) bond motifs is 1. The summed E-state index contributed by atoms with van der Waals surface area (Å²) in [4.78, 5) is 18.0. The van der Waals surface area contributed by atoms with Crippen LogP contribution in [0.4, 0.5) is 0 Å². The van der Waals surface area contributed by atoms with Crippen molar-refractivity contribution in [3.05, 3.63) is 0 Å². The van der Waals surface area contributed by atoms with Gasteiger partial charge in [0.15, 0.2) is 0 Å². The molecule has 0 aromatic rings. The first-order valence-corrected chi connectivity index (χ1v) is 10.3. The smallest absolute Gasteiger partial charge is 0.229 e. The molecule has 3 saturated heterocycles. The molecule has 0 aromatic heterocycles. The Bertz CT molecular complexity index is 474. The van der Waals surface area contributed by atoms with Crippen molar-refractivity contribution in [2.75, 3.05) is 52.4 Å². The zero-order valence-corrected chi connectivity index (χ0v) is 15.4. The van der Waals surface area contributed by atoms with Crippen LogP contribution >= 0.6 is 0 Å². The highest BCUT2D eigenvalue weighted by Gasteiger charge is 2.55. The van der Waals surface area contributed by atoms with Crippen molar-refractivity contribution in [1.82, 2.24) is 20.4 Å². The van der Waals surface area contributed by atoms with Crippen LogP contribution in [0.15, 0.2) is 0 Å². The fourth-order valence-corrected chi connectivity index (χ4v) is 5.48. The van der Waals surface area contributed by atoms with E-state index in [0.717, 1.165) is 71.2 Å². The topological polar surface area (TPSA) is 67.8 Å². The van der Waals surface area contributed by atoms with Gasteiger partial charge >= 0.3 is 0 Å². The van der Waals surface area contributed by atoms with Crippen LogP contribution in [0.1, 0.15) is 38.5 Å². The Balaban J connectivity index is 1.29. The maximum absolute atomic E-state index is 13.1. The molecular weight excluding hydrogens is 316 g/mol. The largest absolute Gasteiger partial charge is 0.393 e. The Labute approximate surface area is 151 Å². The van der Waals surface area contributed by atoms with E-state index >= 15 is 0 Å². The minimum absolute atomic E-state index is 0.130. The van der Waals surface area contributed by atoms with E-state index in [1.807, 2.05) is 0 Å². The minimum atomic E-state index is -0.208. The molecule has 4 rings (SSSR count). The van der Waals surface area contributed by atoms with Gasteiger partial charge in [-0.3, -0.25) is 9.69 Å². The number of piperidine rings is 1. The average Bonchev–Trinajstić information content (AvgIpc) is 3.31. The number of nitrogens with zero attached hydrogens (tertiary/aromatic N) is 2. The molecule has 3 N–H and O–H groups in total. The van der Waals surface area contributed by atoms with E-state index in [2.05, 4.69) is 20.4 Å². The summed E-state index contributed by atoms with van der Waals surface area (Å²) in [6, 6.07) is 0.718. The van der Waals surface area contributed by atoms with Crippen molar-refractivity contribution in [3.63, 3.8) is 0 Å². The predicted octanol–water partition coefficient (Wildman–Crippen LogP) is 0.0233. The van der Waals surface area contributed by atoms with Gasteiger partial charge in [-0.05, 0) is 25.7 Å². The summed E-state index contributed by atoms with van der Waals surface area (Å²) in [6.45, 7) is 7.38. The van der Waals surface area contributed by atoms with Crippen LogP contribution in [0.5, 0.6) is 0 Å². The van der Waals surface area contributed by atoms with Crippen molar-refractivity contribution in [2.45, 2.75) is 50.7 Å². The summed E-state index contributed by atoms with van der Waals surface area (Å²) in [5.74, 6) is 0.735. The van der Waals surface area contributed by atoms with E-state index in [0.29, 0.717) is 5.92 Å². The van der Waals surface area contributed by atoms with Gasteiger partial charge in [-0.15, -0.1) is 0 Å². The molecule has 0 aromatic carbocycles. The van der Waals surface area contributed by atoms with Crippen molar-refractivity contribution >= 4 is 5.91 Å². The van der Waals surface area contributed by atoms with Crippen molar-refractivity contribution in [2.24, 2.45) is 11.3 Å². The van der Waals surface area contributed by atoms with Gasteiger partial charge in [0.05, 0.1) is 11.5 Å². The number of nitrogens with one attached hydrogen (secondary N) is 2. The van der Waals surface area contributed by atoms with Gasteiger partial charge in [-0.2, -0.15) is 0 Å². The summed E-state index contributed by atoms with van der Waals surface area (Å²) in [7, 11) is 0. The van der Waals surface area contributed by atoms with E-state index in [9.17, 15) is 9.90 Å². The zero-order chi connectivity index (χ0) is 17.3. The fourth-order valence-electron chi connectivity index (χ4n) is 5.48. The first kappa shape index (κ1) is 17.7. The maximum atomic E-state index is 13.1. The Morgan fingerprint density at radius 2 is 1.96 bits per heavy atom. The molecule has 0 unspecified atom stereocenters. The molecule has 2 atom stereocenters. The van der Waals surface area contributed by atoms with E-state index in [4.69, 9.17) is 0 Å². The Hall–Kier alpha value is -0.690. The maximum Gasteiger partial charge on any atom is 0.229 e. The van der Waals surface area contributed by atoms with Gasteiger partial charge in [-0.25, -0.2) is 0 Å². The molecule has 3 aliphatic heterocycles. The predicted molar refractivity (Wildman–Crippen MR) is 97.3 cm³/mol. The number of carbonyl (C=O) groups is 1. The molecule has 0 spiro atoms. The van der Waals surface area contributed by atoms with E-state index in [1.165, 1.54) is 25.7 Å². The van der Waals surface area contributed by atoms with Gasteiger partial charge in [0, 0.05) is 64.3 Å². The van der Waals surface area contributed by atoms with Crippen molar-refractivity contribution in [3.8, 4) is 0 Å². The molecule has 6 nitrogen and oxygen atoms in total. The SMILES string of the molecule is O=C(NCCN1CCC(O)CC1)[C@@]12CNC[C@@H]1CN(C1CCCC1)C2. The normalized spacial score (nSPS) is 35.3. The zero-order valence-electron chi connectivity index (χ0n) is 15.4. The minimum Gasteiger partial charge on any atom is -0.393 e. The summed E-state index contributed by atoms with van der Waals surface area (Å²) >= 11 is 0. The van der Waals surface area contributed by atoms with Gasteiger partial charge in [0.1, 0.15) is 0 Å². The third-order valence-electron chi connectivity index (χ3n) is 7.12. The molecule has 0 radical (unpaired) electrons. The number of hydrogen-bond donors (Lipinski definition) is 3. The number of carbonyl (C=O) groups excluding carboxylic acids is 1. The Morgan fingerprint density at radius 1 is 1.20 bits per heavy atom. The Morgan fingerprint density at radius 3 is 2.72 bits per heavy atom. The highest BCUT2D eigenvalue weighted by Crippen LogP contribution is 2.42. The van der Waals surface area contributed by atoms with E-state index in [-0.39, 0.29) is 17.4 Å². The second-order valence-corrected chi connectivity index (χ2v) is 8.68. The monoisotopic (exact) mass is 350 g/mol. The number of aliphatic hydroxyl groups is 1. The molecule has 25 heavy (non-hydrogen) atoms. The third kappa shape index (κ3) is 3.59. The summed E-state index contributed by atoms with van der Waals surface area (Å²) in [6.07, 6.45) is 6.94. The van der Waals surface area contributed by atoms with Gasteiger partial charge < -0.3 is 20.6 Å². The number of hydrogen-bond acceptors (Lipinski definition) is 5. The number of likely N-dealkylation sites (tertiary alicyclic amines) is 2. The van der Waals surface area contributed by atoms with Crippen molar-refractivity contribution in [1.29, 1.82) is 0 Å². The molecule has 4 aliphatic rings. The van der Waals surface area contributed by atoms with Crippen LogP contribution < -0.4 is 10.6 Å². The molecule has 3 heterocycles. The quantitative estimate of drug-likeness (QED) is 0.652. The second-order valence-electron chi connectivity index (χ2n) is 8.68. The Kier molecular flexibility index (Phi) is 5.32. The van der Waals surface area contributed by atoms with Gasteiger partial charge in [0.2, 0.25) is 5.91 Å². The summed E-state index contributed by atoms with van der Waals surface area (Å²) < 4.78 is 0. The molecule has 4 fully saturated rings. The number of aliphatic hydroxyl groups excluding tert-OH is 1. The van der Waals surface area contributed by atoms with Crippen LogP contribution in [0, 0.1) is 11.3 Å². The molecule has 1 amide bonds. The lowest BCUT2D eigenvalue weighted by Gasteiger charge is -2.31. The van der Waals surface area contributed by atoms with Gasteiger partial charge in [0.25, 0.3) is 0 Å². The molecule has 142 valence electrons. The fraction of sp³-hybridized carbons (Fsp3) is 0.947. The second kappa shape index (κ2) is 7.51. The van der Waals surface area contributed by atoms with Crippen LogP contribution in [0.2, 0.25) is 0 Å². The highest BCUT2D eigenvalue weighted by atomic mass is 16.3. The molecule has 6 heteroatoms. The highest BCUT2D eigenvalue weighted by molar-refractivity contribution is 5.84. The first-order chi connectivity index (χ1) is 12.2. The van der Waals surface area contributed by atoms with Crippen LogP contribution in [-0.4, -0.2) is 85.3 Å². The summed E-state index contributed by atoms with van der Waals surface area (Å²) in [5, 5.41) is 16.3. The van der Waals surface area contributed by atoms with Gasteiger partial charge in [-0.1, -0.05) is 12.8 Å². The molecule has 1 saturated carbocycles. The van der Waals surface area contributed by atoms with E-state index < -0.39 is 0 Å². The van der Waals surface area contributed by atoms with Crippen molar-refractivity contribution < 1.29 is 9.90 Å². The lowest BCUT2D eigenvalue weighted by atomic mass is 9.80. The number of rotatable bonds is 5. The summed E-state index contributed by atoms with van der Waals surface area (Å²) in [5.41, 5.74) is -0.208. The molecular formula is C19H34N4O2.